The monoisotopic (exact) mass is 452 g/mol. The van der Waals surface area contributed by atoms with Crippen LogP contribution >= 0.6 is 0 Å². The highest BCUT2D eigenvalue weighted by atomic mass is 16.6. The minimum atomic E-state index is -1.66. The van der Waals surface area contributed by atoms with Crippen molar-refractivity contribution >= 4 is 23.9 Å². The molecule has 1 rings (SSSR count). The smallest absolute Gasteiger partial charge is 0.324 e. The van der Waals surface area contributed by atoms with E-state index in [1.54, 1.807) is 31.2 Å². The molecule has 0 radical (unpaired) electrons. The fourth-order valence-electron chi connectivity index (χ4n) is 3.71. The molecule has 0 heterocycles. The van der Waals surface area contributed by atoms with Crippen molar-refractivity contribution < 1.29 is 42.9 Å². The Morgan fingerprint density at radius 1 is 0.719 bits per heavy atom. The Morgan fingerprint density at radius 2 is 1.12 bits per heavy atom. The van der Waals surface area contributed by atoms with E-state index < -0.39 is 34.7 Å². The third-order valence-corrected chi connectivity index (χ3v) is 5.73. The molecule has 0 saturated heterocycles. The predicted octanol–water partition coefficient (Wildman–Crippen LogP) is 2.65. The van der Waals surface area contributed by atoms with Crippen molar-refractivity contribution in [3.05, 3.63) is 35.6 Å². The van der Waals surface area contributed by atoms with E-state index in [4.69, 9.17) is 23.7 Å². The van der Waals surface area contributed by atoms with Gasteiger partial charge in [-0.15, -0.1) is 0 Å². The topological polar surface area (TPSA) is 114 Å². The fraction of sp³-hybridized carbons (Fsp3) is 0.565. The van der Waals surface area contributed by atoms with Gasteiger partial charge in [0.1, 0.15) is 0 Å². The van der Waals surface area contributed by atoms with Gasteiger partial charge in [-0.2, -0.15) is 0 Å². The number of allylic oxidation sites excluding steroid dienone is 6. The van der Waals surface area contributed by atoms with Crippen molar-refractivity contribution in [3.63, 3.8) is 0 Å². The van der Waals surface area contributed by atoms with Gasteiger partial charge < -0.3 is 23.7 Å². The molecule has 0 aromatic heterocycles. The van der Waals surface area contributed by atoms with E-state index in [2.05, 4.69) is 0 Å². The molecule has 1 aliphatic rings. The summed E-state index contributed by atoms with van der Waals surface area (Å²) in [7, 11) is 6.23. The lowest BCUT2D eigenvalue weighted by molar-refractivity contribution is -0.170. The quantitative estimate of drug-likeness (QED) is 0.353. The van der Waals surface area contributed by atoms with Crippen molar-refractivity contribution in [2.24, 2.45) is 10.8 Å². The first-order chi connectivity index (χ1) is 15.2. The number of hydrogen-bond donors (Lipinski definition) is 0. The normalized spacial score (nSPS) is 22.6. The minimum absolute atomic E-state index is 0.00400. The maximum atomic E-state index is 12.7. The number of methoxy groups -OCH3 is 5. The maximum Gasteiger partial charge on any atom is 0.324 e. The third kappa shape index (κ3) is 5.57. The molecule has 0 spiro atoms. The molecule has 9 nitrogen and oxygen atoms in total. The summed E-state index contributed by atoms with van der Waals surface area (Å²) < 4.78 is 25.2. The van der Waals surface area contributed by atoms with E-state index in [0.717, 1.165) is 0 Å². The lowest BCUT2D eigenvalue weighted by Crippen LogP contribution is -2.42. The Balaban J connectivity index is 3.63. The molecule has 32 heavy (non-hydrogen) atoms. The Labute approximate surface area is 188 Å². The van der Waals surface area contributed by atoms with Gasteiger partial charge in [-0.3, -0.25) is 19.2 Å². The van der Waals surface area contributed by atoms with Crippen LogP contribution in [0, 0.1) is 10.8 Å². The summed E-state index contributed by atoms with van der Waals surface area (Å²) in [5, 5.41) is 0. The molecule has 0 N–H and O–H groups in total. The summed E-state index contributed by atoms with van der Waals surface area (Å²) in [5.41, 5.74) is -2.56. The zero-order valence-corrected chi connectivity index (χ0v) is 19.5. The van der Waals surface area contributed by atoms with Gasteiger partial charge in [0, 0.05) is 6.42 Å². The van der Waals surface area contributed by atoms with Crippen LogP contribution in [0.15, 0.2) is 35.6 Å². The molecule has 0 amide bonds. The molecule has 178 valence electrons. The van der Waals surface area contributed by atoms with Crippen LogP contribution in [0.5, 0.6) is 0 Å². The van der Waals surface area contributed by atoms with E-state index >= 15 is 0 Å². The zero-order valence-electron chi connectivity index (χ0n) is 19.5. The Bertz CT molecular complexity index is 772. The molecule has 0 unspecified atom stereocenters. The van der Waals surface area contributed by atoms with E-state index in [9.17, 15) is 19.2 Å². The van der Waals surface area contributed by atoms with Crippen LogP contribution in [0.1, 0.15) is 39.0 Å². The molecule has 1 aliphatic carbocycles. The van der Waals surface area contributed by atoms with Gasteiger partial charge in [-0.1, -0.05) is 24.3 Å². The average Bonchev–Trinajstić information content (AvgIpc) is 2.83. The number of carbonyl (C=O) groups is 4. The van der Waals surface area contributed by atoms with E-state index in [0.29, 0.717) is 11.3 Å². The number of hydrogen-bond acceptors (Lipinski definition) is 9. The first kappa shape index (κ1) is 26.9. The van der Waals surface area contributed by atoms with Gasteiger partial charge in [-0.05, 0) is 38.2 Å². The van der Waals surface area contributed by atoms with Crippen molar-refractivity contribution in [2.45, 2.75) is 39.0 Å². The zero-order chi connectivity index (χ0) is 24.4. The second kappa shape index (κ2) is 12.1. The number of ether oxygens (including phenoxy) is 5. The van der Waals surface area contributed by atoms with Crippen LogP contribution in [-0.4, -0.2) is 59.4 Å². The van der Waals surface area contributed by atoms with Gasteiger partial charge in [0.25, 0.3) is 0 Å². The van der Waals surface area contributed by atoms with Crippen molar-refractivity contribution in [1.82, 2.24) is 0 Å². The van der Waals surface area contributed by atoms with Crippen LogP contribution in [0.2, 0.25) is 0 Å². The Kier molecular flexibility index (Phi) is 10.2. The molecule has 0 aromatic carbocycles. The number of rotatable bonds is 5. The standard InChI is InChI=1S/C23H32O9/c1-16-11-14-22(18(24)29-3,19(25)30-4)12-9-7-8-10-13-23(20(26)31-5,21(27)32-6)15-17(16)28-2/h7-10H,11-15H2,1-6H3/b9-7-,10-8+,17-16-. The van der Waals surface area contributed by atoms with Crippen molar-refractivity contribution in [1.29, 1.82) is 0 Å². The molecule has 0 aromatic rings. The maximum absolute atomic E-state index is 12.7. The SMILES string of the molecule is COC(=O)C1(C(=O)OC)C/C=C\C=C\CC(C(=O)OC)(C(=O)OC)C/C(OC)=C(\C)CC1. The minimum Gasteiger partial charge on any atom is -0.501 e. The summed E-state index contributed by atoms with van der Waals surface area (Å²) in [6.07, 6.45) is 6.72. The third-order valence-electron chi connectivity index (χ3n) is 5.73. The predicted molar refractivity (Wildman–Crippen MR) is 114 cm³/mol. The molecule has 0 bridgehead atoms. The van der Waals surface area contributed by atoms with Gasteiger partial charge in [0.05, 0.1) is 41.3 Å². The molecule has 0 aliphatic heterocycles. The van der Waals surface area contributed by atoms with E-state index in [1.165, 1.54) is 35.5 Å². The Hall–Kier alpha value is -3.10. The average molecular weight is 453 g/mol. The van der Waals surface area contributed by atoms with E-state index in [-0.39, 0.29) is 32.1 Å². The van der Waals surface area contributed by atoms with Crippen LogP contribution in [-0.2, 0) is 42.9 Å². The number of carbonyl (C=O) groups excluding carboxylic acids is 4. The molecule has 0 saturated carbocycles. The van der Waals surface area contributed by atoms with Crippen LogP contribution in [0.3, 0.4) is 0 Å². The first-order valence-corrected chi connectivity index (χ1v) is 10.1. The van der Waals surface area contributed by atoms with Gasteiger partial charge in [-0.25, -0.2) is 0 Å². The lowest BCUT2D eigenvalue weighted by atomic mass is 9.77. The first-order valence-electron chi connectivity index (χ1n) is 10.1. The van der Waals surface area contributed by atoms with Gasteiger partial charge in [0.15, 0.2) is 10.8 Å². The van der Waals surface area contributed by atoms with Crippen molar-refractivity contribution in [2.75, 3.05) is 35.5 Å². The highest BCUT2D eigenvalue weighted by Gasteiger charge is 2.50. The summed E-state index contributed by atoms with van der Waals surface area (Å²) >= 11 is 0. The van der Waals surface area contributed by atoms with Gasteiger partial charge >= 0.3 is 23.9 Å². The molecule has 0 atom stereocenters. The largest absolute Gasteiger partial charge is 0.501 e. The highest BCUT2D eigenvalue weighted by Crippen LogP contribution is 2.39. The Morgan fingerprint density at radius 3 is 1.53 bits per heavy atom. The highest BCUT2D eigenvalue weighted by molar-refractivity contribution is 6.01. The van der Waals surface area contributed by atoms with Crippen molar-refractivity contribution in [3.8, 4) is 0 Å². The summed E-state index contributed by atoms with van der Waals surface area (Å²) in [5.74, 6) is -2.58. The fourth-order valence-corrected chi connectivity index (χ4v) is 3.71. The van der Waals surface area contributed by atoms with Crippen LogP contribution in [0.4, 0.5) is 0 Å². The summed E-state index contributed by atoms with van der Waals surface area (Å²) in [6.45, 7) is 1.74. The molecular formula is C23H32O9. The second-order valence-corrected chi connectivity index (χ2v) is 7.48. The second-order valence-electron chi connectivity index (χ2n) is 7.48. The van der Waals surface area contributed by atoms with Gasteiger partial charge in [0.2, 0.25) is 0 Å². The summed E-state index contributed by atoms with van der Waals surface area (Å²) in [6, 6.07) is 0. The molecule has 0 fully saturated rings. The molecular weight excluding hydrogens is 420 g/mol. The van der Waals surface area contributed by atoms with E-state index in [1.807, 2.05) is 0 Å². The lowest BCUT2D eigenvalue weighted by Gasteiger charge is -2.29. The van der Waals surface area contributed by atoms with Crippen LogP contribution < -0.4 is 0 Å². The summed E-state index contributed by atoms with van der Waals surface area (Å²) in [4.78, 5) is 50.7. The number of esters is 4. The molecule has 9 heteroatoms. The van der Waals surface area contributed by atoms with Crippen LogP contribution in [0.25, 0.3) is 0 Å².